The molecule has 1 heterocycles. The van der Waals surface area contributed by atoms with Crippen LogP contribution in [0.25, 0.3) is 0 Å². The van der Waals surface area contributed by atoms with Crippen LogP contribution in [0.3, 0.4) is 0 Å². The first-order valence-electron chi connectivity index (χ1n) is 7.93. The van der Waals surface area contributed by atoms with Crippen molar-refractivity contribution in [3.8, 4) is 5.75 Å². The molecule has 3 nitrogen and oxygen atoms in total. The van der Waals surface area contributed by atoms with Crippen LogP contribution in [-0.2, 0) is 12.0 Å². The predicted molar refractivity (Wildman–Crippen MR) is 90.2 cm³/mol. The number of fused-ring (bicyclic) bond motifs is 1. The molecule has 0 amide bonds. The molecule has 21 heavy (non-hydrogen) atoms. The molecule has 1 aliphatic heterocycles. The summed E-state index contributed by atoms with van der Waals surface area (Å²) in [4.78, 5) is 2.67. The first-order chi connectivity index (χ1) is 10.2. The Morgan fingerprint density at radius 2 is 2.33 bits per heavy atom. The third kappa shape index (κ3) is 2.58. The lowest BCUT2D eigenvalue weighted by Crippen LogP contribution is -2.58. The van der Waals surface area contributed by atoms with E-state index in [1.165, 1.54) is 35.5 Å². The van der Waals surface area contributed by atoms with E-state index in [0.717, 1.165) is 18.7 Å². The Bertz CT molecular complexity index is 508. The Labute approximate surface area is 132 Å². The highest BCUT2D eigenvalue weighted by Gasteiger charge is 2.43. The largest absolute Gasteiger partial charge is 0.497 e. The lowest BCUT2D eigenvalue weighted by atomic mass is 9.74. The molecule has 1 saturated heterocycles. The Morgan fingerprint density at radius 1 is 1.48 bits per heavy atom. The minimum absolute atomic E-state index is 0.00250. The van der Waals surface area contributed by atoms with Crippen LogP contribution >= 0.6 is 11.8 Å². The maximum Gasteiger partial charge on any atom is 0.119 e. The van der Waals surface area contributed by atoms with Gasteiger partial charge >= 0.3 is 0 Å². The molecule has 1 aromatic carbocycles. The van der Waals surface area contributed by atoms with Crippen LogP contribution in [0.1, 0.15) is 30.9 Å². The Morgan fingerprint density at radius 3 is 3.05 bits per heavy atom. The average Bonchev–Trinajstić information content (AvgIpc) is 2.54. The summed E-state index contributed by atoms with van der Waals surface area (Å²) in [5, 5.41) is 0. The first kappa shape index (κ1) is 15.2. The van der Waals surface area contributed by atoms with Crippen LogP contribution in [0.5, 0.6) is 5.75 Å². The number of ether oxygens (including phenoxy) is 1. The van der Waals surface area contributed by atoms with Gasteiger partial charge in [-0.3, -0.25) is 4.90 Å². The summed E-state index contributed by atoms with van der Waals surface area (Å²) < 4.78 is 5.47. The van der Waals surface area contributed by atoms with Gasteiger partial charge in [0.1, 0.15) is 5.75 Å². The number of methoxy groups -OCH3 is 1. The number of benzene rings is 1. The molecular formula is C17H26N2OS. The van der Waals surface area contributed by atoms with E-state index in [1.54, 1.807) is 7.11 Å². The topological polar surface area (TPSA) is 38.5 Å². The maximum absolute atomic E-state index is 6.35. The van der Waals surface area contributed by atoms with Crippen molar-refractivity contribution < 1.29 is 4.74 Å². The smallest absolute Gasteiger partial charge is 0.119 e. The molecule has 1 fully saturated rings. The monoisotopic (exact) mass is 306 g/mol. The predicted octanol–water partition coefficient (Wildman–Crippen LogP) is 2.62. The van der Waals surface area contributed by atoms with Crippen molar-refractivity contribution in [2.75, 3.05) is 31.7 Å². The quantitative estimate of drug-likeness (QED) is 0.932. The molecule has 0 saturated carbocycles. The summed E-state index contributed by atoms with van der Waals surface area (Å²) in [5.41, 5.74) is 9.22. The van der Waals surface area contributed by atoms with Crippen molar-refractivity contribution >= 4 is 11.8 Å². The van der Waals surface area contributed by atoms with Crippen LogP contribution in [0.4, 0.5) is 0 Å². The fourth-order valence-electron chi connectivity index (χ4n) is 4.03. The number of rotatable bonds is 3. The van der Waals surface area contributed by atoms with E-state index in [1.807, 2.05) is 0 Å². The highest BCUT2D eigenvalue weighted by atomic mass is 32.2. The fraction of sp³-hybridized carbons (Fsp3) is 0.647. The molecular weight excluding hydrogens is 280 g/mol. The van der Waals surface area contributed by atoms with Gasteiger partial charge in [0, 0.05) is 30.6 Å². The van der Waals surface area contributed by atoms with Crippen molar-refractivity contribution in [3.05, 3.63) is 29.3 Å². The van der Waals surface area contributed by atoms with Crippen molar-refractivity contribution in [2.24, 2.45) is 5.73 Å². The fourth-order valence-corrected chi connectivity index (χ4v) is 5.04. The first-order valence-corrected chi connectivity index (χ1v) is 9.08. The van der Waals surface area contributed by atoms with Gasteiger partial charge in [-0.2, -0.15) is 11.8 Å². The second kappa shape index (κ2) is 6.19. The highest BCUT2D eigenvalue weighted by Crippen LogP contribution is 2.43. The maximum atomic E-state index is 6.35. The van der Waals surface area contributed by atoms with Crippen molar-refractivity contribution in [3.63, 3.8) is 0 Å². The zero-order chi connectivity index (χ0) is 14.9. The summed E-state index contributed by atoms with van der Waals surface area (Å²) >= 11 is 2.06. The van der Waals surface area contributed by atoms with E-state index in [4.69, 9.17) is 10.5 Å². The van der Waals surface area contributed by atoms with Crippen LogP contribution in [-0.4, -0.2) is 42.6 Å². The molecule has 0 bridgehead atoms. The van der Waals surface area contributed by atoms with Gasteiger partial charge in [-0.1, -0.05) is 6.07 Å². The van der Waals surface area contributed by atoms with E-state index >= 15 is 0 Å². The molecule has 1 aromatic rings. The van der Waals surface area contributed by atoms with Crippen molar-refractivity contribution in [1.82, 2.24) is 4.90 Å². The van der Waals surface area contributed by atoms with Gasteiger partial charge in [0.05, 0.1) is 12.6 Å². The number of aryl methyl sites for hydroxylation is 1. The van der Waals surface area contributed by atoms with E-state index in [9.17, 15) is 0 Å². The normalized spacial score (nSPS) is 30.0. The zero-order valence-electron chi connectivity index (χ0n) is 13.1. The van der Waals surface area contributed by atoms with Gasteiger partial charge in [-0.15, -0.1) is 0 Å². The Kier molecular flexibility index (Phi) is 4.48. The summed E-state index contributed by atoms with van der Waals surface area (Å²) in [6, 6.07) is 7.14. The molecule has 1 aliphatic carbocycles. The third-order valence-electron chi connectivity index (χ3n) is 5.11. The molecule has 3 rings (SSSR count). The number of hydrogen-bond acceptors (Lipinski definition) is 4. The standard InChI is InChI=1S/C17H26N2OS/c1-13-11-21-9-8-19(13)17(12-18)7-3-4-14-5-6-15(20-2)10-16(14)17/h5-6,10,13H,3-4,7-9,11-12,18H2,1-2H3. The summed E-state index contributed by atoms with van der Waals surface area (Å²) in [6.07, 6.45) is 3.56. The van der Waals surface area contributed by atoms with E-state index in [2.05, 4.69) is 41.8 Å². The highest BCUT2D eigenvalue weighted by molar-refractivity contribution is 7.99. The SMILES string of the molecule is COc1ccc2c(c1)C(CN)(N1CCSCC1C)CCC2. The lowest BCUT2D eigenvalue weighted by Gasteiger charge is -2.51. The van der Waals surface area contributed by atoms with Crippen molar-refractivity contribution in [1.29, 1.82) is 0 Å². The second-order valence-electron chi connectivity index (χ2n) is 6.23. The van der Waals surface area contributed by atoms with Gasteiger partial charge in [0.15, 0.2) is 0 Å². The molecule has 4 heteroatoms. The van der Waals surface area contributed by atoms with E-state index < -0.39 is 0 Å². The van der Waals surface area contributed by atoms with Gasteiger partial charge in [0.25, 0.3) is 0 Å². The third-order valence-corrected chi connectivity index (χ3v) is 6.30. The van der Waals surface area contributed by atoms with Gasteiger partial charge in [-0.05, 0) is 49.4 Å². The summed E-state index contributed by atoms with van der Waals surface area (Å²) in [6.45, 7) is 4.18. The minimum Gasteiger partial charge on any atom is -0.497 e. The lowest BCUT2D eigenvalue weighted by molar-refractivity contribution is 0.0486. The van der Waals surface area contributed by atoms with Crippen LogP contribution in [0.15, 0.2) is 18.2 Å². The molecule has 2 atom stereocenters. The molecule has 2 N–H and O–H groups in total. The van der Waals surface area contributed by atoms with Crippen LogP contribution in [0.2, 0.25) is 0 Å². The van der Waals surface area contributed by atoms with Crippen LogP contribution in [0, 0.1) is 0 Å². The molecule has 0 spiro atoms. The zero-order valence-corrected chi connectivity index (χ0v) is 13.9. The molecule has 116 valence electrons. The molecule has 0 aromatic heterocycles. The second-order valence-corrected chi connectivity index (χ2v) is 7.38. The number of nitrogens with two attached hydrogens (primary N) is 1. The summed E-state index contributed by atoms with van der Waals surface area (Å²) in [7, 11) is 1.74. The van der Waals surface area contributed by atoms with E-state index in [-0.39, 0.29) is 5.54 Å². The molecule has 2 unspecified atom stereocenters. The van der Waals surface area contributed by atoms with Gasteiger partial charge in [-0.25, -0.2) is 0 Å². The minimum atomic E-state index is 0.00250. The number of hydrogen-bond donors (Lipinski definition) is 1. The number of thioether (sulfide) groups is 1. The average molecular weight is 306 g/mol. The van der Waals surface area contributed by atoms with E-state index in [0.29, 0.717) is 12.6 Å². The van der Waals surface area contributed by atoms with Crippen molar-refractivity contribution in [2.45, 2.75) is 37.8 Å². The Hall–Kier alpha value is -0.710. The van der Waals surface area contributed by atoms with Gasteiger partial charge in [0.2, 0.25) is 0 Å². The van der Waals surface area contributed by atoms with Gasteiger partial charge < -0.3 is 10.5 Å². The molecule has 2 aliphatic rings. The number of nitrogens with zero attached hydrogens (tertiary/aromatic N) is 1. The Balaban J connectivity index is 2.06. The van der Waals surface area contributed by atoms with Crippen LogP contribution < -0.4 is 10.5 Å². The molecule has 0 radical (unpaired) electrons. The summed E-state index contributed by atoms with van der Waals surface area (Å²) in [5.74, 6) is 3.37.